The highest BCUT2D eigenvalue weighted by Gasteiger charge is 2.17. The van der Waals surface area contributed by atoms with Crippen molar-refractivity contribution in [1.29, 1.82) is 0 Å². The number of hydrogen-bond acceptors (Lipinski definition) is 8. The summed E-state index contributed by atoms with van der Waals surface area (Å²) >= 11 is 0. The van der Waals surface area contributed by atoms with Gasteiger partial charge in [0, 0.05) is 6.54 Å². The Bertz CT molecular complexity index is 1310. The maximum absolute atomic E-state index is 12.5. The molecule has 0 aliphatic rings. The molecule has 1 aromatic carbocycles. The fourth-order valence-corrected chi connectivity index (χ4v) is 3.29. The molecule has 30 heavy (non-hydrogen) atoms. The van der Waals surface area contributed by atoms with Crippen molar-refractivity contribution in [3.05, 3.63) is 63.3 Å². The van der Waals surface area contributed by atoms with E-state index in [1.807, 2.05) is 13.8 Å². The third-order valence-corrected chi connectivity index (χ3v) is 4.73. The van der Waals surface area contributed by atoms with Crippen LogP contribution in [0.1, 0.15) is 40.4 Å². The van der Waals surface area contributed by atoms with Crippen LogP contribution >= 0.6 is 0 Å². The zero-order valence-electron chi connectivity index (χ0n) is 17.1. The maximum atomic E-state index is 12.5. The van der Waals surface area contributed by atoms with Crippen LogP contribution in [0.4, 0.5) is 0 Å². The van der Waals surface area contributed by atoms with Gasteiger partial charge in [0.05, 0.1) is 22.2 Å². The van der Waals surface area contributed by atoms with Gasteiger partial charge in [-0.05, 0) is 52.0 Å². The summed E-state index contributed by atoms with van der Waals surface area (Å²) in [5.74, 6) is 1.33. The summed E-state index contributed by atoms with van der Waals surface area (Å²) in [4.78, 5) is 29.0. The number of aryl methyl sites for hydroxylation is 4. The number of carbonyl (C=O) groups is 1. The number of rotatable bonds is 5. The van der Waals surface area contributed by atoms with Crippen molar-refractivity contribution in [3.8, 4) is 11.5 Å². The van der Waals surface area contributed by atoms with Crippen LogP contribution in [0.3, 0.4) is 0 Å². The second-order valence-corrected chi connectivity index (χ2v) is 6.85. The van der Waals surface area contributed by atoms with Gasteiger partial charge in [-0.2, -0.15) is 0 Å². The highest BCUT2D eigenvalue weighted by molar-refractivity contribution is 5.93. The topological polar surface area (TPSA) is 113 Å². The van der Waals surface area contributed by atoms with Gasteiger partial charge in [-0.25, -0.2) is 9.78 Å². The molecule has 0 spiro atoms. The van der Waals surface area contributed by atoms with E-state index in [0.29, 0.717) is 46.0 Å². The van der Waals surface area contributed by atoms with Crippen LogP contribution in [0.15, 0.2) is 37.9 Å². The van der Waals surface area contributed by atoms with E-state index in [9.17, 15) is 9.59 Å². The minimum absolute atomic E-state index is 0.143. The number of esters is 1. The summed E-state index contributed by atoms with van der Waals surface area (Å²) in [5, 5.41) is 7.90. The molecule has 4 rings (SSSR count). The van der Waals surface area contributed by atoms with Gasteiger partial charge in [0.2, 0.25) is 0 Å². The zero-order chi connectivity index (χ0) is 21.4. The number of hydrogen-bond donors (Lipinski definition) is 0. The van der Waals surface area contributed by atoms with Gasteiger partial charge in [0.15, 0.2) is 6.61 Å². The molecular weight excluding hydrogens is 388 g/mol. The molecule has 0 N–H and O–H groups in total. The lowest BCUT2D eigenvalue weighted by molar-refractivity contribution is 0.0439. The Labute approximate surface area is 171 Å². The zero-order valence-corrected chi connectivity index (χ0v) is 17.1. The summed E-state index contributed by atoms with van der Waals surface area (Å²) in [5.41, 5.74) is 2.46. The first-order valence-corrected chi connectivity index (χ1v) is 9.45. The van der Waals surface area contributed by atoms with E-state index in [1.54, 1.807) is 42.7 Å². The predicted molar refractivity (Wildman–Crippen MR) is 107 cm³/mol. The smallest absolute Gasteiger partial charge is 0.338 e. The normalized spacial score (nSPS) is 11.2. The first-order chi connectivity index (χ1) is 14.4. The largest absolute Gasteiger partial charge is 0.466 e. The van der Waals surface area contributed by atoms with Crippen LogP contribution < -0.4 is 5.56 Å². The number of benzene rings is 1. The van der Waals surface area contributed by atoms with Crippen molar-refractivity contribution in [1.82, 2.24) is 19.7 Å². The van der Waals surface area contributed by atoms with Crippen LogP contribution in [0.25, 0.3) is 22.5 Å². The Balaban J connectivity index is 1.52. The first-order valence-electron chi connectivity index (χ1n) is 9.45. The van der Waals surface area contributed by atoms with Crippen molar-refractivity contribution in [3.63, 3.8) is 0 Å². The first kappa shape index (κ1) is 19.6. The number of carbonyl (C=O) groups excluding carboxylic acids is 1. The molecule has 3 heterocycles. The lowest BCUT2D eigenvalue weighted by atomic mass is 10.2. The molecule has 0 aliphatic heterocycles. The van der Waals surface area contributed by atoms with Crippen LogP contribution in [0.5, 0.6) is 0 Å². The standard InChI is InChI=1S/C21H20N4O5/c1-5-25-17-7-6-14(9-16(17)22-12(3)20(25)26)21(27)28-10-18-23-24-19(30-18)15-8-11(2)29-13(15)4/h6-9H,5,10H2,1-4H3. The van der Waals surface area contributed by atoms with Gasteiger partial charge in [0.1, 0.15) is 17.2 Å². The fraction of sp³-hybridized carbons (Fsp3) is 0.286. The molecule has 0 bridgehead atoms. The second-order valence-electron chi connectivity index (χ2n) is 6.85. The molecule has 0 saturated heterocycles. The molecule has 0 fully saturated rings. The summed E-state index contributed by atoms with van der Waals surface area (Å²) < 4.78 is 18.0. The Morgan fingerprint density at radius 3 is 2.63 bits per heavy atom. The van der Waals surface area contributed by atoms with Gasteiger partial charge in [0.25, 0.3) is 17.3 Å². The molecule has 3 aromatic heterocycles. The van der Waals surface area contributed by atoms with E-state index >= 15 is 0 Å². The average Bonchev–Trinajstić information content (AvgIpc) is 3.32. The van der Waals surface area contributed by atoms with E-state index < -0.39 is 5.97 Å². The monoisotopic (exact) mass is 408 g/mol. The lowest BCUT2D eigenvalue weighted by Gasteiger charge is -2.09. The van der Waals surface area contributed by atoms with Crippen molar-refractivity contribution in [2.75, 3.05) is 0 Å². The summed E-state index contributed by atoms with van der Waals surface area (Å²) in [6, 6.07) is 6.70. The van der Waals surface area contributed by atoms with Crippen LogP contribution in [-0.2, 0) is 17.9 Å². The van der Waals surface area contributed by atoms with Crippen molar-refractivity contribution in [2.45, 2.75) is 40.8 Å². The average molecular weight is 408 g/mol. The Morgan fingerprint density at radius 2 is 1.93 bits per heavy atom. The number of furan rings is 1. The quantitative estimate of drug-likeness (QED) is 0.462. The minimum atomic E-state index is -0.555. The lowest BCUT2D eigenvalue weighted by Crippen LogP contribution is -2.23. The van der Waals surface area contributed by atoms with Crippen molar-refractivity contribution in [2.24, 2.45) is 0 Å². The molecule has 0 atom stereocenters. The molecule has 0 radical (unpaired) electrons. The molecule has 0 unspecified atom stereocenters. The fourth-order valence-electron chi connectivity index (χ4n) is 3.29. The van der Waals surface area contributed by atoms with Gasteiger partial charge >= 0.3 is 5.97 Å². The molecular formula is C21H20N4O5. The molecule has 9 heteroatoms. The summed E-state index contributed by atoms with van der Waals surface area (Å²) in [6.45, 7) is 7.51. The molecule has 0 saturated carbocycles. The van der Waals surface area contributed by atoms with Gasteiger partial charge in [-0.3, -0.25) is 4.79 Å². The predicted octanol–water partition coefficient (Wildman–Crippen LogP) is 3.34. The Morgan fingerprint density at radius 1 is 1.13 bits per heavy atom. The molecule has 9 nitrogen and oxygen atoms in total. The van der Waals surface area contributed by atoms with Crippen molar-refractivity contribution >= 4 is 17.0 Å². The highest BCUT2D eigenvalue weighted by atomic mass is 16.5. The van der Waals surface area contributed by atoms with Crippen LogP contribution in [0, 0.1) is 20.8 Å². The van der Waals surface area contributed by atoms with E-state index in [0.717, 1.165) is 5.76 Å². The molecule has 154 valence electrons. The Hall–Kier alpha value is -3.75. The molecule has 4 aromatic rings. The molecule has 0 amide bonds. The second kappa shape index (κ2) is 7.58. The van der Waals surface area contributed by atoms with E-state index in [1.165, 1.54) is 0 Å². The van der Waals surface area contributed by atoms with Gasteiger partial charge in [-0.1, -0.05) is 0 Å². The van der Waals surface area contributed by atoms with Crippen molar-refractivity contribution < 1.29 is 18.4 Å². The van der Waals surface area contributed by atoms with E-state index in [-0.39, 0.29) is 18.1 Å². The van der Waals surface area contributed by atoms with E-state index in [2.05, 4.69) is 15.2 Å². The number of fused-ring (bicyclic) bond motifs is 1. The van der Waals surface area contributed by atoms with Gasteiger partial charge in [-0.15, -0.1) is 10.2 Å². The number of aromatic nitrogens is 4. The summed E-state index contributed by atoms with van der Waals surface area (Å²) in [7, 11) is 0. The Kier molecular flexibility index (Phi) is 4.94. The van der Waals surface area contributed by atoms with Gasteiger partial charge < -0.3 is 18.1 Å². The number of nitrogens with zero attached hydrogens (tertiary/aromatic N) is 4. The highest BCUT2D eigenvalue weighted by Crippen LogP contribution is 2.25. The number of ether oxygens (including phenoxy) is 1. The SMILES string of the molecule is CCn1c(=O)c(C)nc2cc(C(=O)OCc3nnc(-c4cc(C)oc4C)o3)ccc21. The van der Waals surface area contributed by atoms with E-state index in [4.69, 9.17) is 13.6 Å². The van der Waals surface area contributed by atoms with Crippen LogP contribution in [-0.4, -0.2) is 25.7 Å². The summed E-state index contributed by atoms with van der Waals surface area (Å²) in [6.07, 6.45) is 0. The third-order valence-electron chi connectivity index (χ3n) is 4.73. The van der Waals surface area contributed by atoms with Crippen LogP contribution in [0.2, 0.25) is 0 Å². The molecule has 0 aliphatic carbocycles. The minimum Gasteiger partial charge on any atom is -0.466 e. The third kappa shape index (κ3) is 3.49. The maximum Gasteiger partial charge on any atom is 0.338 e.